The third kappa shape index (κ3) is 6.36. The number of hydrogen-bond donors (Lipinski definition) is 2. The summed E-state index contributed by atoms with van der Waals surface area (Å²) in [5.41, 5.74) is 11.5. The minimum absolute atomic E-state index is 0.165. The first-order valence-corrected chi connectivity index (χ1v) is 18.5. The fourth-order valence-corrected chi connectivity index (χ4v) is 9.10. The maximum absolute atomic E-state index is 12.3. The van der Waals surface area contributed by atoms with Crippen LogP contribution in [0, 0.1) is 0 Å². The van der Waals surface area contributed by atoms with Crippen LogP contribution in [0.5, 0.6) is 0 Å². The highest BCUT2D eigenvalue weighted by Crippen LogP contribution is 2.49. The van der Waals surface area contributed by atoms with Crippen LogP contribution in [0.1, 0.15) is 113 Å². The second-order valence-corrected chi connectivity index (χ2v) is 17.2. The molecule has 4 aliphatic heterocycles. The highest BCUT2D eigenvalue weighted by atomic mass is 16.6. The standard InChI is InChI=1S/2C20H28N2O2/c1-19(2,3)24-18(23)22-9-7-20(8-10-22)13-21-17-12-15-6-4-5-14(15)11-16(17)20;1-19(2,3)24-18(23)22-11-9-20(10-12-22)13-21-16-8-7-14-5-4-6-15(14)17(16)20/h11-12,21H,4-10,13H2,1-3H3;7-8,21H,4-6,9-13H2,1-3H3. The van der Waals surface area contributed by atoms with Gasteiger partial charge in [0.25, 0.3) is 0 Å². The Labute approximate surface area is 287 Å². The van der Waals surface area contributed by atoms with Crippen LogP contribution in [-0.4, -0.2) is 72.5 Å². The Morgan fingerprint density at radius 2 is 1.15 bits per heavy atom. The van der Waals surface area contributed by atoms with Crippen molar-refractivity contribution in [3.8, 4) is 0 Å². The minimum atomic E-state index is -0.422. The van der Waals surface area contributed by atoms with Crippen molar-refractivity contribution in [3.63, 3.8) is 0 Å². The maximum Gasteiger partial charge on any atom is 0.410 e. The molecule has 6 aliphatic rings. The molecule has 2 N–H and O–H groups in total. The Kier molecular flexibility index (Phi) is 8.39. The van der Waals surface area contributed by atoms with E-state index in [1.807, 2.05) is 51.3 Å². The summed E-state index contributed by atoms with van der Waals surface area (Å²) in [5.74, 6) is 0. The molecular weight excluding hydrogens is 600 g/mol. The van der Waals surface area contributed by atoms with Gasteiger partial charge in [0.05, 0.1) is 0 Å². The third-order valence-corrected chi connectivity index (χ3v) is 11.6. The van der Waals surface area contributed by atoms with Gasteiger partial charge in [0.1, 0.15) is 11.2 Å². The number of nitrogens with one attached hydrogen (secondary N) is 2. The number of carbonyl (C=O) groups excluding carboxylic acids is 2. The van der Waals surface area contributed by atoms with Gasteiger partial charge in [0.15, 0.2) is 0 Å². The van der Waals surface area contributed by atoms with Crippen molar-refractivity contribution in [1.29, 1.82) is 0 Å². The second kappa shape index (κ2) is 12.2. The van der Waals surface area contributed by atoms with Crippen LogP contribution in [0.4, 0.5) is 21.0 Å². The van der Waals surface area contributed by atoms with Gasteiger partial charge in [-0.2, -0.15) is 0 Å². The summed E-state index contributed by atoms with van der Waals surface area (Å²) in [5, 5.41) is 7.28. The van der Waals surface area contributed by atoms with Crippen molar-refractivity contribution in [2.75, 3.05) is 49.9 Å². The lowest BCUT2D eigenvalue weighted by Crippen LogP contribution is -2.47. The third-order valence-electron chi connectivity index (χ3n) is 11.6. The zero-order valence-electron chi connectivity index (χ0n) is 30.2. The molecule has 8 heteroatoms. The predicted octanol–water partition coefficient (Wildman–Crippen LogP) is 7.74. The van der Waals surface area contributed by atoms with E-state index in [0.717, 1.165) is 65.0 Å². The predicted molar refractivity (Wildman–Crippen MR) is 191 cm³/mol. The lowest BCUT2D eigenvalue weighted by molar-refractivity contribution is 0.0161. The van der Waals surface area contributed by atoms with E-state index in [9.17, 15) is 9.59 Å². The molecule has 260 valence electrons. The molecule has 0 radical (unpaired) electrons. The van der Waals surface area contributed by atoms with Crippen LogP contribution in [0.15, 0.2) is 24.3 Å². The first-order valence-electron chi connectivity index (χ1n) is 18.5. The molecular formula is C40H56N4O4. The van der Waals surface area contributed by atoms with E-state index in [-0.39, 0.29) is 23.0 Å². The van der Waals surface area contributed by atoms with Crippen molar-refractivity contribution < 1.29 is 19.1 Å². The second-order valence-electron chi connectivity index (χ2n) is 17.2. The molecule has 0 atom stereocenters. The van der Waals surface area contributed by atoms with Crippen molar-refractivity contribution in [3.05, 3.63) is 57.6 Å². The number of benzene rings is 2. The van der Waals surface area contributed by atoms with Crippen LogP contribution in [0.3, 0.4) is 0 Å². The Morgan fingerprint density at radius 3 is 1.75 bits per heavy atom. The van der Waals surface area contributed by atoms with Gasteiger partial charge in [-0.15, -0.1) is 0 Å². The van der Waals surface area contributed by atoms with Gasteiger partial charge >= 0.3 is 12.2 Å². The van der Waals surface area contributed by atoms with E-state index < -0.39 is 11.2 Å². The summed E-state index contributed by atoms with van der Waals surface area (Å²) < 4.78 is 11.1. The van der Waals surface area contributed by atoms with Crippen LogP contribution in [0.2, 0.25) is 0 Å². The Balaban J connectivity index is 0.000000152. The van der Waals surface area contributed by atoms with E-state index in [2.05, 4.69) is 34.9 Å². The number of likely N-dealkylation sites (tertiary alicyclic amines) is 2. The highest BCUT2D eigenvalue weighted by Gasteiger charge is 2.46. The number of anilines is 2. The number of ether oxygens (including phenoxy) is 2. The van der Waals surface area contributed by atoms with Crippen LogP contribution < -0.4 is 10.6 Å². The average Bonchev–Trinajstić information content (AvgIpc) is 3.82. The summed E-state index contributed by atoms with van der Waals surface area (Å²) in [4.78, 5) is 28.4. The van der Waals surface area contributed by atoms with Gasteiger partial charge in [-0.25, -0.2) is 9.59 Å². The topological polar surface area (TPSA) is 83.1 Å². The van der Waals surface area contributed by atoms with Crippen LogP contribution >= 0.6 is 0 Å². The molecule has 0 saturated carbocycles. The van der Waals surface area contributed by atoms with Crippen molar-refractivity contribution >= 4 is 23.6 Å². The molecule has 2 saturated heterocycles. The number of fused-ring (bicyclic) bond motifs is 7. The molecule has 48 heavy (non-hydrogen) atoms. The number of amides is 2. The molecule has 0 aromatic heterocycles. The molecule has 2 spiro atoms. The van der Waals surface area contributed by atoms with Crippen molar-refractivity contribution in [1.82, 2.24) is 9.80 Å². The van der Waals surface area contributed by atoms with Crippen LogP contribution in [0.25, 0.3) is 0 Å². The van der Waals surface area contributed by atoms with E-state index in [1.54, 1.807) is 22.3 Å². The first kappa shape index (κ1) is 33.1. The number of piperidine rings is 2. The monoisotopic (exact) mass is 656 g/mol. The molecule has 8 rings (SSSR count). The number of hydrogen-bond acceptors (Lipinski definition) is 6. The number of aryl methyl sites for hydroxylation is 3. The normalized spacial score (nSPS) is 21.4. The van der Waals surface area contributed by atoms with Gasteiger partial charge in [-0.3, -0.25) is 0 Å². The maximum atomic E-state index is 12.3. The molecule has 2 aliphatic carbocycles. The lowest BCUT2D eigenvalue weighted by atomic mass is 9.72. The Bertz CT molecular complexity index is 1570. The molecule has 2 amide bonds. The van der Waals surface area contributed by atoms with E-state index in [1.165, 1.54) is 61.0 Å². The SMILES string of the molecule is CC(C)(C)OC(=O)N1CCC2(CC1)CNc1cc3c(cc12)CCC3.CC(C)(C)OC(=O)N1CCC2(CC1)CNc1ccc3c(c12)CCC3. The van der Waals surface area contributed by atoms with E-state index in [0.29, 0.717) is 0 Å². The number of rotatable bonds is 0. The molecule has 4 heterocycles. The molecule has 8 nitrogen and oxygen atoms in total. The van der Waals surface area contributed by atoms with Gasteiger partial charge in [0.2, 0.25) is 0 Å². The van der Waals surface area contributed by atoms with Crippen LogP contribution in [-0.2, 0) is 46.0 Å². The molecule has 0 bridgehead atoms. The first-order chi connectivity index (χ1) is 22.7. The fraction of sp³-hybridized carbons (Fsp3) is 0.650. The summed E-state index contributed by atoms with van der Waals surface area (Å²) in [7, 11) is 0. The van der Waals surface area contributed by atoms with Crippen molar-refractivity contribution in [2.24, 2.45) is 0 Å². The summed E-state index contributed by atoms with van der Waals surface area (Å²) >= 11 is 0. The molecule has 0 unspecified atom stereocenters. The summed E-state index contributed by atoms with van der Waals surface area (Å²) in [6.07, 6.45) is 11.2. The average molecular weight is 657 g/mol. The van der Waals surface area contributed by atoms with E-state index >= 15 is 0 Å². The lowest BCUT2D eigenvalue weighted by Gasteiger charge is -2.40. The molecule has 2 aromatic carbocycles. The van der Waals surface area contributed by atoms with Crippen molar-refractivity contribution in [2.45, 2.75) is 128 Å². The van der Waals surface area contributed by atoms with Gasteiger partial charge in [-0.05, 0) is 151 Å². The zero-order chi connectivity index (χ0) is 33.9. The number of carbonyl (C=O) groups is 2. The van der Waals surface area contributed by atoms with Gasteiger partial charge in [-0.1, -0.05) is 12.1 Å². The van der Waals surface area contributed by atoms with Gasteiger partial charge < -0.3 is 29.9 Å². The summed E-state index contributed by atoms with van der Waals surface area (Å²) in [6, 6.07) is 9.42. The fourth-order valence-electron chi connectivity index (χ4n) is 9.10. The Morgan fingerprint density at radius 1 is 0.646 bits per heavy atom. The largest absolute Gasteiger partial charge is 0.444 e. The minimum Gasteiger partial charge on any atom is -0.444 e. The van der Waals surface area contributed by atoms with E-state index in [4.69, 9.17) is 9.47 Å². The van der Waals surface area contributed by atoms with Gasteiger partial charge in [0, 0.05) is 61.5 Å². The molecule has 2 aromatic rings. The smallest absolute Gasteiger partial charge is 0.410 e. The Hall–Kier alpha value is -3.42. The summed E-state index contributed by atoms with van der Waals surface area (Å²) in [6.45, 7) is 16.7. The number of nitrogens with zero attached hydrogens (tertiary/aromatic N) is 2. The highest BCUT2D eigenvalue weighted by molar-refractivity contribution is 5.71. The quantitative estimate of drug-likeness (QED) is 0.302. The zero-order valence-corrected chi connectivity index (χ0v) is 30.2. The molecule has 2 fully saturated rings.